The van der Waals surface area contributed by atoms with Crippen LogP contribution in [0.4, 0.5) is 0 Å². The van der Waals surface area contributed by atoms with E-state index < -0.39 is 15.8 Å². The average Bonchev–Trinajstić information content (AvgIpc) is 2.35. The molecular formula is C11H22N2O5S. The molecule has 0 aromatic rings. The number of carbonyl (C=O) groups excluding carboxylic acids is 1. The highest BCUT2D eigenvalue weighted by atomic mass is 32.2. The maximum Gasteiger partial charge on any atom is 0.308 e. The molecule has 0 aromatic carbocycles. The van der Waals surface area contributed by atoms with Crippen molar-refractivity contribution in [2.45, 2.75) is 32.3 Å². The maximum atomic E-state index is 12.0. The van der Waals surface area contributed by atoms with Crippen molar-refractivity contribution in [3.05, 3.63) is 0 Å². The fraction of sp³-hybridized carbons (Fsp3) is 0.909. The van der Waals surface area contributed by atoms with Crippen LogP contribution in [-0.4, -0.2) is 56.1 Å². The van der Waals surface area contributed by atoms with Crippen molar-refractivity contribution in [1.82, 2.24) is 9.03 Å². The first-order chi connectivity index (χ1) is 8.65. The molecule has 1 aliphatic heterocycles. The number of methoxy groups -OCH3 is 1. The predicted molar refractivity (Wildman–Crippen MR) is 69.5 cm³/mol. The Labute approximate surface area is 114 Å². The average molecular weight is 294 g/mol. The molecule has 0 atom stereocenters. The van der Waals surface area contributed by atoms with Crippen LogP contribution in [0.5, 0.6) is 0 Å². The second kappa shape index (κ2) is 6.17. The summed E-state index contributed by atoms with van der Waals surface area (Å²) >= 11 is 0. The first-order valence-corrected chi connectivity index (χ1v) is 7.64. The molecule has 0 aliphatic carbocycles. The summed E-state index contributed by atoms with van der Waals surface area (Å²) in [5.41, 5.74) is -1.10. The van der Waals surface area contributed by atoms with Crippen LogP contribution < -0.4 is 4.72 Å². The molecule has 1 heterocycles. The lowest BCUT2D eigenvalue weighted by atomic mass is 9.99. The van der Waals surface area contributed by atoms with E-state index in [1.54, 1.807) is 0 Å². The van der Waals surface area contributed by atoms with Gasteiger partial charge in [-0.05, 0) is 26.7 Å². The number of hydrogen-bond donors (Lipinski definition) is 2. The van der Waals surface area contributed by atoms with Crippen molar-refractivity contribution in [3.63, 3.8) is 0 Å². The maximum absolute atomic E-state index is 12.0. The van der Waals surface area contributed by atoms with Crippen LogP contribution in [0, 0.1) is 5.92 Å². The number of nitrogens with one attached hydrogen (secondary N) is 1. The Bertz CT molecular complexity index is 407. The van der Waals surface area contributed by atoms with E-state index >= 15 is 0 Å². The number of nitrogens with zero attached hydrogens (tertiary/aromatic N) is 1. The van der Waals surface area contributed by atoms with Crippen molar-refractivity contribution in [2.24, 2.45) is 5.92 Å². The molecule has 1 saturated heterocycles. The molecule has 8 heteroatoms. The smallest absolute Gasteiger partial charge is 0.308 e. The van der Waals surface area contributed by atoms with Gasteiger partial charge in [0.25, 0.3) is 10.2 Å². The van der Waals surface area contributed by atoms with E-state index in [4.69, 9.17) is 0 Å². The van der Waals surface area contributed by atoms with Gasteiger partial charge < -0.3 is 9.84 Å². The highest BCUT2D eigenvalue weighted by Gasteiger charge is 2.32. The quantitative estimate of drug-likeness (QED) is 0.665. The van der Waals surface area contributed by atoms with Crippen molar-refractivity contribution >= 4 is 16.2 Å². The van der Waals surface area contributed by atoms with Gasteiger partial charge in [-0.15, -0.1) is 0 Å². The van der Waals surface area contributed by atoms with Crippen LogP contribution >= 0.6 is 0 Å². The molecule has 0 amide bonds. The third-order valence-electron chi connectivity index (χ3n) is 3.02. The molecule has 0 bridgehead atoms. The molecule has 1 fully saturated rings. The SMILES string of the molecule is COC(=O)C1CCN(S(=O)(=O)NCC(C)(C)O)CC1. The normalized spacial score (nSPS) is 19.4. The van der Waals surface area contributed by atoms with E-state index in [1.165, 1.54) is 25.3 Å². The molecule has 2 N–H and O–H groups in total. The summed E-state index contributed by atoms with van der Waals surface area (Å²) in [6.45, 7) is 3.56. The zero-order valence-corrected chi connectivity index (χ0v) is 12.4. The Morgan fingerprint density at radius 2 is 1.95 bits per heavy atom. The molecular weight excluding hydrogens is 272 g/mol. The third kappa shape index (κ3) is 5.06. The minimum absolute atomic E-state index is 0.0493. The zero-order chi connectivity index (χ0) is 14.7. The topological polar surface area (TPSA) is 95.9 Å². The summed E-state index contributed by atoms with van der Waals surface area (Å²) in [4.78, 5) is 11.3. The van der Waals surface area contributed by atoms with Crippen LogP contribution in [0.1, 0.15) is 26.7 Å². The Hall–Kier alpha value is -0.700. The summed E-state index contributed by atoms with van der Waals surface area (Å²) in [6, 6.07) is 0. The Kier molecular flexibility index (Phi) is 5.31. The standard InChI is InChI=1S/C11H22N2O5S/c1-11(2,15)8-12-19(16,17)13-6-4-9(5-7-13)10(14)18-3/h9,12,15H,4-8H2,1-3H3. The number of ether oxygens (including phenoxy) is 1. The van der Waals surface area contributed by atoms with Crippen molar-refractivity contribution in [1.29, 1.82) is 0 Å². The first kappa shape index (κ1) is 16.4. The van der Waals surface area contributed by atoms with Crippen LogP contribution in [0.2, 0.25) is 0 Å². The number of hydrogen-bond acceptors (Lipinski definition) is 5. The summed E-state index contributed by atoms with van der Waals surface area (Å²) in [7, 11) is -2.27. The van der Waals surface area contributed by atoms with Crippen LogP contribution in [0.3, 0.4) is 0 Å². The fourth-order valence-electron chi connectivity index (χ4n) is 1.86. The van der Waals surface area contributed by atoms with E-state index in [9.17, 15) is 18.3 Å². The Morgan fingerprint density at radius 3 is 2.37 bits per heavy atom. The van der Waals surface area contributed by atoms with Crippen molar-refractivity contribution < 1.29 is 23.1 Å². The van der Waals surface area contributed by atoms with Gasteiger partial charge in [-0.2, -0.15) is 17.4 Å². The van der Waals surface area contributed by atoms with Gasteiger partial charge in [-0.3, -0.25) is 4.79 Å². The van der Waals surface area contributed by atoms with Gasteiger partial charge in [0.15, 0.2) is 0 Å². The molecule has 7 nitrogen and oxygen atoms in total. The molecule has 0 unspecified atom stereocenters. The lowest BCUT2D eigenvalue weighted by Gasteiger charge is -2.30. The van der Waals surface area contributed by atoms with Crippen LogP contribution in [0.15, 0.2) is 0 Å². The van der Waals surface area contributed by atoms with Gasteiger partial charge in [0, 0.05) is 19.6 Å². The molecule has 1 aliphatic rings. The molecule has 0 saturated carbocycles. The van der Waals surface area contributed by atoms with Crippen molar-refractivity contribution in [3.8, 4) is 0 Å². The second-order valence-corrected chi connectivity index (χ2v) is 7.09. The number of aliphatic hydroxyl groups is 1. The van der Waals surface area contributed by atoms with Gasteiger partial charge in [-0.25, -0.2) is 0 Å². The van der Waals surface area contributed by atoms with Gasteiger partial charge in [0.1, 0.15) is 0 Å². The van der Waals surface area contributed by atoms with Gasteiger partial charge >= 0.3 is 5.97 Å². The molecule has 0 spiro atoms. The van der Waals surface area contributed by atoms with Crippen molar-refractivity contribution in [2.75, 3.05) is 26.7 Å². The van der Waals surface area contributed by atoms with Crippen LogP contribution in [-0.2, 0) is 19.7 Å². The Balaban J connectivity index is 2.52. The number of rotatable bonds is 5. The monoisotopic (exact) mass is 294 g/mol. The number of carbonyl (C=O) groups is 1. The zero-order valence-electron chi connectivity index (χ0n) is 11.5. The van der Waals surface area contributed by atoms with Crippen LogP contribution in [0.25, 0.3) is 0 Å². The lowest BCUT2D eigenvalue weighted by molar-refractivity contribution is -0.146. The van der Waals surface area contributed by atoms with Gasteiger partial charge in [-0.1, -0.05) is 0 Å². The van der Waals surface area contributed by atoms with Gasteiger partial charge in [0.2, 0.25) is 0 Å². The summed E-state index contributed by atoms with van der Waals surface area (Å²) in [5, 5.41) is 9.52. The number of piperidine rings is 1. The highest BCUT2D eigenvalue weighted by Crippen LogP contribution is 2.20. The summed E-state index contributed by atoms with van der Waals surface area (Å²) in [5.74, 6) is -0.521. The lowest BCUT2D eigenvalue weighted by Crippen LogP contribution is -2.49. The van der Waals surface area contributed by atoms with E-state index in [2.05, 4.69) is 9.46 Å². The molecule has 1 rings (SSSR count). The molecule has 0 radical (unpaired) electrons. The highest BCUT2D eigenvalue weighted by molar-refractivity contribution is 7.87. The summed E-state index contributed by atoms with van der Waals surface area (Å²) in [6.07, 6.45) is 0.909. The van der Waals surface area contributed by atoms with E-state index in [1.807, 2.05) is 0 Å². The Morgan fingerprint density at radius 1 is 1.42 bits per heavy atom. The number of esters is 1. The minimum atomic E-state index is -3.60. The van der Waals surface area contributed by atoms with Gasteiger partial charge in [0.05, 0.1) is 18.6 Å². The van der Waals surface area contributed by atoms with E-state index in [0.29, 0.717) is 12.8 Å². The molecule has 112 valence electrons. The van der Waals surface area contributed by atoms with E-state index in [-0.39, 0.29) is 31.5 Å². The van der Waals surface area contributed by atoms with E-state index in [0.717, 1.165) is 0 Å². The predicted octanol–water partition coefficient (Wildman–Crippen LogP) is -0.523. The first-order valence-electron chi connectivity index (χ1n) is 6.20. The largest absolute Gasteiger partial charge is 0.469 e. The minimum Gasteiger partial charge on any atom is -0.469 e. The fourth-order valence-corrected chi connectivity index (χ4v) is 3.27. The second-order valence-electron chi connectivity index (χ2n) is 5.34. The third-order valence-corrected chi connectivity index (χ3v) is 4.57. The summed E-state index contributed by atoms with van der Waals surface area (Å²) < 4.78 is 32.2. The molecule has 19 heavy (non-hydrogen) atoms. The molecule has 0 aromatic heterocycles.